The van der Waals surface area contributed by atoms with Gasteiger partial charge in [0.15, 0.2) is 0 Å². The number of nitrogens with zero attached hydrogens (tertiary/aromatic N) is 3. The van der Waals surface area contributed by atoms with Crippen LogP contribution in [0.3, 0.4) is 0 Å². The maximum Gasteiger partial charge on any atom is 0.258 e. The molecule has 0 saturated carbocycles. The smallest absolute Gasteiger partial charge is 0.258 e. The first-order valence-corrected chi connectivity index (χ1v) is 9.79. The quantitative estimate of drug-likeness (QED) is 0.665. The van der Waals surface area contributed by atoms with Crippen molar-refractivity contribution < 1.29 is 18.8 Å². The van der Waals surface area contributed by atoms with E-state index < -0.39 is 0 Å². The van der Waals surface area contributed by atoms with Gasteiger partial charge in [0, 0.05) is 17.7 Å². The normalized spacial score (nSPS) is 19.2. The highest BCUT2D eigenvalue weighted by atomic mass is 16.5. The van der Waals surface area contributed by atoms with E-state index in [1.165, 1.54) is 0 Å². The third-order valence-electron chi connectivity index (χ3n) is 5.30. The standard InChI is InChI=1S/C22H21N3O4/c26-22(17-10-11-27-14-17)25-12-19(13-25)28-18-8-6-16(7-9-18)21-23-20(24-29-21)15-4-2-1-3-5-15/h1-9,17,19H,10-14H2. The molecule has 2 fully saturated rings. The summed E-state index contributed by atoms with van der Waals surface area (Å²) in [6.45, 7) is 2.48. The van der Waals surface area contributed by atoms with Crippen LogP contribution in [0.4, 0.5) is 0 Å². The summed E-state index contributed by atoms with van der Waals surface area (Å²) in [5, 5.41) is 4.05. The zero-order chi connectivity index (χ0) is 19.6. The molecular formula is C22H21N3O4. The molecule has 1 aromatic heterocycles. The van der Waals surface area contributed by atoms with Gasteiger partial charge in [-0.15, -0.1) is 0 Å². The molecular weight excluding hydrogens is 370 g/mol. The Balaban J connectivity index is 1.17. The van der Waals surface area contributed by atoms with E-state index in [4.69, 9.17) is 14.0 Å². The molecule has 29 heavy (non-hydrogen) atoms. The lowest BCUT2D eigenvalue weighted by Gasteiger charge is -2.40. The van der Waals surface area contributed by atoms with Crippen LogP contribution >= 0.6 is 0 Å². The van der Waals surface area contributed by atoms with Gasteiger partial charge >= 0.3 is 0 Å². The summed E-state index contributed by atoms with van der Waals surface area (Å²) in [6, 6.07) is 17.3. The van der Waals surface area contributed by atoms with Gasteiger partial charge in [0.25, 0.3) is 5.89 Å². The fourth-order valence-corrected chi connectivity index (χ4v) is 3.59. The first-order valence-electron chi connectivity index (χ1n) is 9.79. The lowest BCUT2D eigenvalue weighted by molar-refractivity contribution is -0.144. The molecule has 1 atom stereocenters. The summed E-state index contributed by atoms with van der Waals surface area (Å²) in [5.41, 5.74) is 1.74. The number of carbonyl (C=O) groups excluding carboxylic acids is 1. The number of amides is 1. The van der Waals surface area contributed by atoms with Crippen LogP contribution < -0.4 is 4.74 Å². The van der Waals surface area contributed by atoms with Gasteiger partial charge in [-0.05, 0) is 30.7 Å². The summed E-state index contributed by atoms with van der Waals surface area (Å²) in [5.74, 6) is 1.99. The summed E-state index contributed by atoms with van der Waals surface area (Å²) in [6.07, 6.45) is 0.851. The van der Waals surface area contributed by atoms with Crippen molar-refractivity contribution in [3.05, 3.63) is 54.6 Å². The van der Waals surface area contributed by atoms with E-state index in [2.05, 4.69) is 10.1 Å². The fourth-order valence-electron chi connectivity index (χ4n) is 3.59. The Labute approximate surface area is 168 Å². The van der Waals surface area contributed by atoms with Gasteiger partial charge in [0.2, 0.25) is 11.7 Å². The molecule has 0 aliphatic carbocycles. The molecule has 5 rings (SSSR count). The Morgan fingerprint density at radius 3 is 2.55 bits per heavy atom. The van der Waals surface area contributed by atoms with Crippen LogP contribution in [0, 0.1) is 5.92 Å². The van der Waals surface area contributed by atoms with Crippen molar-refractivity contribution in [2.24, 2.45) is 5.92 Å². The Hall–Kier alpha value is -3.19. The molecule has 0 radical (unpaired) electrons. The molecule has 3 heterocycles. The van der Waals surface area contributed by atoms with Crippen LogP contribution in [0.2, 0.25) is 0 Å². The highest BCUT2D eigenvalue weighted by Gasteiger charge is 2.37. The lowest BCUT2D eigenvalue weighted by atomic mass is 10.0. The molecule has 0 bridgehead atoms. The van der Waals surface area contributed by atoms with E-state index in [1.807, 2.05) is 59.5 Å². The van der Waals surface area contributed by atoms with E-state index in [1.54, 1.807) is 0 Å². The van der Waals surface area contributed by atoms with E-state index >= 15 is 0 Å². The number of aromatic nitrogens is 2. The predicted octanol–water partition coefficient (Wildman–Crippen LogP) is 3.03. The third-order valence-corrected chi connectivity index (χ3v) is 5.30. The average Bonchev–Trinajstić information content (AvgIpc) is 3.43. The first kappa shape index (κ1) is 17.9. The van der Waals surface area contributed by atoms with Crippen LogP contribution in [-0.4, -0.2) is 53.4 Å². The van der Waals surface area contributed by atoms with Crippen LogP contribution in [0.1, 0.15) is 6.42 Å². The minimum absolute atomic E-state index is 0.0189. The van der Waals surface area contributed by atoms with Gasteiger partial charge < -0.3 is 18.9 Å². The van der Waals surface area contributed by atoms with Crippen molar-refractivity contribution in [1.29, 1.82) is 0 Å². The summed E-state index contributed by atoms with van der Waals surface area (Å²) in [4.78, 5) is 18.6. The highest BCUT2D eigenvalue weighted by molar-refractivity contribution is 5.80. The number of hydrogen-bond donors (Lipinski definition) is 0. The second-order valence-corrected chi connectivity index (χ2v) is 7.36. The van der Waals surface area contributed by atoms with Crippen molar-refractivity contribution in [3.63, 3.8) is 0 Å². The fraction of sp³-hybridized carbons (Fsp3) is 0.318. The Morgan fingerprint density at radius 1 is 1.03 bits per heavy atom. The predicted molar refractivity (Wildman–Crippen MR) is 105 cm³/mol. The zero-order valence-electron chi connectivity index (χ0n) is 15.9. The summed E-state index contributed by atoms with van der Waals surface area (Å²) >= 11 is 0. The van der Waals surface area contributed by atoms with Crippen molar-refractivity contribution >= 4 is 5.91 Å². The molecule has 2 aliphatic rings. The third kappa shape index (κ3) is 3.73. The maximum atomic E-state index is 12.3. The molecule has 7 heteroatoms. The van der Waals surface area contributed by atoms with Gasteiger partial charge in [0.1, 0.15) is 11.9 Å². The topological polar surface area (TPSA) is 77.7 Å². The minimum Gasteiger partial charge on any atom is -0.487 e. The highest BCUT2D eigenvalue weighted by Crippen LogP contribution is 2.26. The van der Waals surface area contributed by atoms with Gasteiger partial charge in [0.05, 0.1) is 25.6 Å². The van der Waals surface area contributed by atoms with Crippen LogP contribution in [0.15, 0.2) is 59.1 Å². The largest absolute Gasteiger partial charge is 0.487 e. The number of ether oxygens (including phenoxy) is 2. The van der Waals surface area contributed by atoms with Crippen molar-refractivity contribution in [1.82, 2.24) is 15.0 Å². The number of likely N-dealkylation sites (tertiary alicyclic amines) is 1. The second kappa shape index (κ2) is 7.67. The van der Waals surface area contributed by atoms with E-state index in [0.29, 0.717) is 38.0 Å². The lowest BCUT2D eigenvalue weighted by Crippen LogP contribution is -2.57. The number of carbonyl (C=O) groups is 1. The molecule has 1 amide bonds. The van der Waals surface area contributed by atoms with Gasteiger partial charge in [-0.25, -0.2) is 0 Å². The van der Waals surface area contributed by atoms with E-state index in [9.17, 15) is 4.79 Å². The molecule has 148 valence electrons. The molecule has 1 unspecified atom stereocenters. The summed E-state index contributed by atoms with van der Waals surface area (Å²) in [7, 11) is 0. The van der Waals surface area contributed by atoms with E-state index in [0.717, 1.165) is 23.3 Å². The van der Waals surface area contributed by atoms with Crippen LogP contribution in [0.25, 0.3) is 22.8 Å². The van der Waals surface area contributed by atoms with Crippen LogP contribution in [0.5, 0.6) is 5.75 Å². The Morgan fingerprint density at radius 2 is 1.83 bits per heavy atom. The first-order chi connectivity index (χ1) is 14.3. The van der Waals surface area contributed by atoms with Gasteiger partial charge in [-0.2, -0.15) is 4.98 Å². The molecule has 7 nitrogen and oxygen atoms in total. The van der Waals surface area contributed by atoms with E-state index in [-0.39, 0.29) is 17.9 Å². The molecule has 0 spiro atoms. The molecule has 0 N–H and O–H groups in total. The SMILES string of the molecule is O=C(C1CCOC1)N1CC(Oc2ccc(-c3nc(-c4ccccc4)no3)cc2)C1. The molecule has 2 saturated heterocycles. The Bertz CT molecular complexity index is 975. The number of benzene rings is 2. The monoisotopic (exact) mass is 391 g/mol. The number of rotatable bonds is 5. The van der Waals surface area contributed by atoms with Crippen LogP contribution in [-0.2, 0) is 9.53 Å². The van der Waals surface area contributed by atoms with Gasteiger partial charge in [-0.1, -0.05) is 35.5 Å². The van der Waals surface area contributed by atoms with Crippen molar-refractivity contribution in [2.45, 2.75) is 12.5 Å². The second-order valence-electron chi connectivity index (χ2n) is 7.36. The average molecular weight is 391 g/mol. The minimum atomic E-state index is 0.0189. The molecule has 3 aromatic rings. The van der Waals surface area contributed by atoms with Crippen molar-refractivity contribution in [3.8, 4) is 28.6 Å². The van der Waals surface area contributed by atoms with Gasteiger partial charge in [-0.3, -0.25) is 4.79 Å². The zero-order valence-corrected chi connectivity index (χ0v) is 15.9. The number of hydrogen-bond acceptors (Lipinski definition) is 6. The molecule has 2 aromatic carbocycles. The Kier molecular flexibility index (Phi) is 4.73. The maximum absolute atomic E-state index is 12.3. The molecule has 2 aliphatic heterocycles. The summed E-state index contributed by atoms with van der Waals surface area (Å²) < 4.78 is 16.7. The van der Waals surface area contributed by atoms with Crippen molar-refractivity contribution in [2.75, 3.05) is 26.3 Å².